The van der Waals surface area contributed by atoms with Crippen molar-refractivity contribution in [1.82, 2.24) is 0 Å². The highest BCUT2D eigenvalue weighted by Crippen LogP contribution is 2.38. The van der Waals surface area contributed by atoms with E-state index in [1.54, 1.807) is 0 Å². The first-order valence-corrected chi connectivity index (χ1v) is 7.39. The lowest BCUT2D eigenvalue weighted by atomic mass is 9.98. The molecule has 2 rings (SSSR count). The predicted octanol–water partition coefficient (Wildman–Crippen LogP) is 5.03. The molecule has 1 aromatic carbocycles. The van der Waals surface area contributed by atoms with Crippen LogP contribution in [0.15, 0.2) is 18.2 Å². The predicted molar refractivity (Wildman–Crippen MR) is 76.0 cm³/mol. The van der Waals surface area contributed by atoms with Crippen LogP contribution in [0.5, 0.6) is 5.75 Å². The van der Waals surface area contributed by atoms with Crippen molar-refractivity contribution in [3.63, 3.8) is 0 Å². The molecule has 1 unspecified atom stereocenters. The lowest BCUT2D eigenvalue weighted by Gasteiger charge is -2.16. The van der Waals surface area contributed by atoms with Gasteiger partial charge in [0.1, 0.15) is 11.4 Å². The maximum Gasteiger partial charge on any atom is 0.123 e. The van der Waals surface area contributed by atoms with Crippen molar-refractivity contribution in [2.75, 3.05) is 0 Å². The van der Waals surface area contributed by atoms with E-state index in [2.05, 4.69) is 54.9 Å². The van der Waals surface area contributed by atoms with Crippen LogP contribution in [0.3, 0.4) is 0 Å². The van der Waals surface area contributed by atoms with Crippen molar-refractivity contribution in [2.24, 2.45) is 0 Å². The third-order valence-corrected chi connectivity index (χ3v) is 4.25. The van der Waals surface area contributed by atoms with Gasteiger partial charge in [0.25, 0.3) is 0 Å². The maximum absolute atomic E-state index is 5.89. The summed E-state index contributed by atoms with van der Waals surface area (Å²) in [5, 5.41) is 0. The number of ether oxygens (including phenoxy) is 1. The third-order valence-electron chi connectivity index (χ3n) is 3.26. The molecule has 0 saturated carbocycles. The van der Waals surface area contributed by atoms with Gasteiger partial charge in [-0.15, -0.1) is 0 Å². The number of alkyl halides is 1. The molecule has 0 amide bonds. The van der Waals surface area contributed by atoms with Crippen LogP contribution < -0.4 is 4.74 Å². The molecule has 1 heterocycles. The van der Waals surface area contributed by atoms with Gasteiger partial charge in [0.05, 0.1) is 0 Å². The van der Waals surface area contributed by atoms with E-state index in [0.717, 1.165) is 12.2 Å². The van der Waals surface area contributed by atoms with Gasteiger partial charge in [0.15, 0.2) is 0 Å². The fourth-order valence-electron chi connectivity index (χ4n) is 2.37. The molecule has 2 heteroatoms. The van der Waals surface area contributed by atoms with Crippen LogP contribution in [0.4, 0.5) is 0 Å². The molecular formula is C15H21BrO. The molecule has 0 N–H and O–H groups in total. The molecule has 0 fully saturated rings. The van der Waals surface area contributed by atoms with E-state index in [1.807, 2.05) is 0 Å². The zero-order valence-corrected chi connectivity index (χ0v) is 12.5. The summed E-state index contributed by atoms with van der Waals surface area (Å²) >= 11 is 3.78. The summed E-state index contributed by atoms with van der Waals surface area (Å²) in [6, 6.07) is 6.62. The molecule has 17 heavy (non-hydrogen) atoms. The Morgan fingerprint density at radius 2 is 2.18 bits per heavy atom. The highest BCUT2D eigenvalue weighted by atomic mass is 79.9. The second-order valence-corrected chi connectivity index (χ2v) is 6.62. The van der Waals surface area contributed by atoms with E-state index in [1.165, 1.54) is 30.4 Å². The number of hydrogen-bond acceptors (Lipinski definition) is 1. The van der Waals surface area contributed by atoms with Gasteiger partial charge in [-0.1, -0.05) is 47.8 Å². The minimum Gasteiger partial charge on any atom is -0.487 e. The summed E-state index contributed by atoms with van der Waals surface area (Å²) in [5.41, 5.74) is 2.71. The van der Waals surface area contributed by atoms with Gasteiger partial charge < -0.3 is 4.74 Å². The smallest absolute Gasteiger partial charge is 0.123 e. The Bertz CT molecular complexity index is 398. The number of halogens is 1. The standard InChI is InChI=1S/C15H21BrO/c1-4-5-6-13(16)11-7-8-14-12(9-11)10-15(2,3)17-14/h7-9,13H,4-6,10H2,1-3H3. The molecule has 0 aromatic heterocycles. The minimum atomic E-state index is -0.0355. The van der Waals surface area contributed by atoms with Crippen molar-refractivity contribution < 1.29 is 4.74 Å². The van der Waals surface area contributed by atoms with Gasteiger partial charge >= 0.3 is 0 Å². The number of rotatable bonds is 4. The van der Waals surface area contributed by atoms with E-state index in [9.17, 15) is 0 Å². The number of unbranched alkanes of at least 4 members (excludes halogenated alkanes) is 1. The van der Waals surface area contributed by atoms with Gasteiger partial charge in [0.2, 0.25) is 0 Å². The Morgan fingerprint density at radius 3 is 2.88 bits per heavy atom. The Labute approximate surface area is 113 Å². The maximum atomic E-state index is 5.89. The molecule has 0 saturated heterocycles. The van der Waals surface area contributed by atoms with Crippen LogP contribution in [0, 0.1) is 0 Å². The second kappa shape index (κ2) is 5.01. The van der Waals surface area contributed by atoms with Gasteiger partial charge in [0, 0.05) is 11.2 Å². The normalized spacial score (nSPS) is 18.6. The zero-order chi connectivity index (χ0) is 12.5. The quantitative estimate of drug-likeness (QED) is 0.708. The molecule has 1 aliphatic heterocycles. The van der Waals surface area contributed by atoms with Crippen molar-refractivity contribution in [1.29, 1.82) is 0 Å². The van der Waals surface area contributed by atoms with Crippen LogP contribution in [0.25, 0.3) is 0 Å². The van der Waals surface area contributed by atoms with Gasteiger partial charge in [-0.2, -0.15) is 0 Å². The van der Waals surface area contributed by atoms with E-state index >= 15 is 0 Å². The largest absolute Gasteiger partial charge is 0.487 e. The molecule has 1 aromatic rings. The Balaban J connectivity index is 2.13. The molecule has 0 radical (unpaired) electrons. The van der Waals surface area contributed by atoms with Crippen LogP contribution in [0.1, 0.15) is 56.0 Å². The van der Waals surface area contributed by atoms with Gasteiger partial charge in [-0.3, -0.25) is 0 Å². The lowest BCUT2D eigenvalue weighted by Crippen LogP contribution is -2.24. The molecule has 0 bridgehead atoms. The van der Waals surface area contributed by atoms with Crippen LogP contribution in [-0.2, 0) is 6.42 Å². The Hall–Kier alpha value is -0.500. The van der Waals surface area contributed by atoms with E-state index in [4.69, 9.17) is 4.74 Å². The van der Waals surface area contributed by atoms with E-state index in [-0.39, 0.29) is 5.60 Å². The Morgan fingerprint density at radius 1 is 1.41 bits per heavy atom. The molecule has 1 aliphatic rings. The molecule has 0 spiro atoms. The van der Waals surface area contributed by atoms with Crippen LogP contribution in [0.2, 0.25) is 0 Å². The summed E-state index contributed by atoms with van der Waals surface area (Å²) in [6.45, 7) is 6.53. The van der Waals surface area contributed by atoms with Crippen molar-refractivity contribution in [3.05, 3.63) is 29.3 Å². The highest BCUT2D eigenvalue weighted by Gasteiger charge is 2.30. The fraction of sp³-hybridized carbons (Fsp3) is 0.600. The minimum absolute atomic E-state index is 0.0355. The fourth-order valence-corrected chi connectivity index (χ4v) is 2.98. The Kier molecular flexibility index (Phi) is 3.82. The number of benzene rings is 1. The summed E-state index contributed by atoms with van der Waals surface area (Å²) in [7, 11) is 0. The van der Waals surface area contributed by atoms with Crippen LogP contribution >= 0.6 is 15.9 Å². The monoisotopic (exact) mass is 296 g/mol. The lowest BCUT2D eigenvalue weighted by molar-refractivity contribution is 0.138. The first-order valence-electron chi connectivity index (χ1n) is 6.48. The molecule has 1 atom stereocenters. The number of hydrogen-bond donors (Lipinski definition) is 0. The highest BCUT2D eigenvalue weighted by molar-refractivity contribution is 9.09. The SMILES string of the molecule is CCCCC(Br)c1ccc2c(c1)CC(C)(C)O2. The molecular weight excluding hydrogens is 276 g/mol. The topological polar surface area (TPSA) is 9.23 Å². The zero-order valence-electron chi connectivity index (χ0n) is 10.9. The summed E-state index contributed by atoms with van der Waals surface area (Å²) in [5.74, 6) is 1.06. The second-order valence-electron chi connectivity index (χ2n) is 5.52. The summed E-state index contributed by atoms with van der Waals surface area (Å²) < 4.78 is 5.89. The molecule has 94 valence electrons. The van der Waals surface area contributed by atoms with Crippen LogP contribution in [-0.4, -0.2) is 5.60 Å². The average molecular weight is 297 g/mol. The average Bonchev–Trinajstić information content (AvgIpc) is 2.58. The summed E-state index contributed by atoms with van der Waals surface area (Å²) in [4.78, 5) is 0.483. The van der Waals surface area contributed by atoms with E-state index in [0.29, 0.717) is 4.83 Å². The summed E-state index contributed by atoms with van der Waals surface area (Å²) in [6.07, 6.45) is 4.75. The first kappa shape index (κ1) is 12.9. The third kappa shape index (κ3) is 3.04. The van der Waals surface area contributed by atoms with Crippen molar-refractivity contribution >= 4 is 15.9 Å². The van der Waals surface area contributed by atoms with E-state index < -0.39 is 0 Å². The number of fused-ring (bicyclic) bond motifs is 1. The van der Waals surface area contributed by atoms with Gasteiger partial charge in [-0.25, -0.2) is 0 Å². The van der Waals surface area contributed by atoms with Crippen molar-refractivity contribution in [3.8, 4) is 5.75 Å². The van der Waals surface area contributed by atoms with Crippen molar-refractivity contribution in [2.45, 2.75) is 56.9 Å². The molecule has 0 aliphatic carbocycles. The first-order chi connectivity index (χ1) is 8.02. The molecule has 1 nitrogen and oxygen atoms in total. The van der Waals surface area contributed by atoms with Gasteiger partial charge in [-0.05, 0) is 37.5 Å².